The van der Waals surface area contributed by atoms with Crippen LogP contribution in [0.3, 0.4) is 0 Å². The van der Waals surface area contributed by atoms with Crippen LogP contribution in [-0.4, -0.2) is 4.57 Å². The number of rotatable bonds is 2. The van der Waals surface area contributed by atoms with Gasteiger partial charge in [-0.2, -0.15) is 5.26 Å². The van der Waals surface area contributed by atoms with Crippen LogP contribution >= 0.6 is 15.9 Å². The average molecular weight is 279 g/mol. The van der Waals surface area contributed by atoms with Crippen molar-refractivity contribution in [3.05, 3.63) is 58.1 Å². The van der Waals surface area contributed by atoms with E-state index in [4.69, 9.17) is 5.26 Å². The van der Waals surface area contributed by atoms with Gasteiger partial charge in [0.2, 0.25) is 0 Å². The minimum Gasteiger partial charge on any atom is -0.335 e. The molecule has 0 fully saturated rings. The summed E-state index contributed by atoms with van der Waals surface area (Å²) in [5.41, 5.74) is 1.54. The quantitative estimate of drug-likeness (QED) is 0.829. The summed E-state index contributed by atoms with van der Waals surface area (Å²) in [6.45, 7) is 0.564. The van der Waals surface area contributed by atoms with Gasteiger partial charge < -0.3 is 4.57 Å². The Labute approximate surface area is 101 Å². The first-order valence-electron chi connectivity index (χ1n) is 4.70. The van der Waals surface area contributed by atoms with Gasteiger partial charge in [0.25, 0.3) is 0 Å². The lowest BCUT2D eigenvalue weighted by Gasteiger charge is -2.05. The van der Waals surface area contributed by atoms with Crippen LogP contribution in [0.2, 0.25) is 0 Å². The maximum Gasteiger partial charge on any atom is 0.137 e. The standard InChI is InChI=1S/C12H8BrFN2/c13-11-6-9(3-4-12(11)14)8-16-5-1-2-10(16)7-15/h1-6H,8H2. The van der Waals surface area contributed by atoms with Gasteiger partial charge >= 0.3 is 0 Å². The van der Waals surface area contributed by atoms with Gasteiger partial charge in [0, 0.05) is 12.7 Å². The minimum absolute atomic E-state index is 0.281. The van der Waals surface area contributed by atoms with Gasteiger partial charge in [0.15, 0.2) is 0 Å². The van der Waals surface area contributed by atoms with Crippen LogP contribution in [0.5, 0.6) is 0 Å². The first kappa shape index (κ1) is 10.9. The third-order valence-electron chi connectivity index (χ3n) is 2.28. The van der Waals surface area contributed by atoms with E-state index in [1.54, 1.807) is 18.2 Å². The molecule has 1 aromatic heterocycles. The number of aromatic nitrogens is 1. The van der Waals surface area contributed by atoms with E-state index in [2.05, 4.69) is 22.0 Å². The molecule has 80 valence electrons. The Kier molecular flexibility index (Phi) is 3.07. The zero-order valence-electron chi connectivity index (χ0n) is 8.32. The van der Waals surface area contributed by atoms with Crippen molar-refractivity contribution in [3.8, 4) is 6.07 Å². The zero-order chi connectivity index (χ0) is 11.5. The third kappa shape index (κ3) is 2.15. The highest BCUT2D eigenvalue weighted by Gasteiger charge is 2.03. The van der Waals surface area contributed by atoms with Gasteiger partial charge in [-0.25, -0.2) is 4.39 Å². The fraction of sp³-hybridized carbons (Fsp3) is 0.0833. The molecule has 0 amide bonds. The summed E-state index contributed by atoms with van der Waals surface area (Å²) in [7, 11) is 0. The smallest absolute Gasteiger partial charge is 0.137 e. The summed E-state index contributed by atoms with van der Waals surface area (Å²) in [4.78, 5) is 0. The summed E-state index contributed by atoms with van der Waals surface area (Å²) in [5, 5.41) is 8.84. The highest BCUT2D eigenvalue weighted by atomic mass is 79.9. The second kappa shape index (κ2) is 4.50. The fourth-order valence-corrected chi connectivity index (χ4v) is 1.91. The molecule has 0 atom stereocenters. The minimum atomic E-state index is -0.281. The molecule has 0 aliphatic carbocycles. The van der Waals surface area contributed by atoms with E-state index in [1.165, 1.54) is 6.07 Å². The molecule has 1 aromatic carbocycles. The van der Waals surface area contributed by atoms with Crippen LogP contribution in [0.1, 0.15) is 11.3 Å². The number of hydrogen-bond donors (Lipinski definition) is 0. The van der Waals surface area contributed by atoms with Crippen LogP contribution in [-0.2, 0) is 6.54 Å². The number of nitriles is 1. The van der Waals surface area contributed by atoms with Crippen molar-refractivity contribution < 1.29 is 4.39 Å². The molecule has 16 heavy (non-hydrogen) atoms. The Balaban J connectivity index is 2.28. The molecular formula is C12H8BrFN2. The number of benzene rings is 1. The topological polar surface area (TPSA) is 28.7 Å². The second-order valence-electron chi connectivity index (χ2n) is 3.38. The van der Waals surface area contributed by atoms with E-state index in [-0.39, 0.29) is 5.82 Å². The largest absolute Gasteiger partial charge is 0.335 e. The maximum atomic E-state index is 13.0. The van der Waals surface area contributed by atoms with Crippen molar-refractivity contribution in [1.29, 1.82) is 5.26 Å². The van der Waals surface area contributed by atoms with E-state index in [0.29, 0.717) is 16.7 Å². The van der Waals surface area contributed by atoms with Crippen molar-refractivity contribution in [2.75, 3.05) is 0 Å². The molecule has 1 heterocycles. The summed E-state index contributed by atoms with van der Waals surface area (Å²) in [6.07, 6.45) is 1.83. The van der Waals surface area contributed by atoms with E-state index >= 15 is 0 Å². The van der Waals surface area contributed by atoms with Crippen LogP contribution < -0.4 is 0 Å². The van der Waals surface area contributed by atoms with Crippen molar-refractivity contribution in [2.45, 2.75) is 6.54 Å². The first-order chi connectivity index (χ1) is 7.70. The van der Waals surface area contributed by atoms with Gasteiger partial charge in [-0.1, -0.05) is 6.07 Å². The summed E-state index contributed by atoms with van der Waals surface area (Å²) < 4.78 is 15.3. The summed E-state index contributed by atoms with van der Waals surface area (Å²) in [5.74, 6) is -0.281. The van der Waals surface area contributed by atoms with Crippen molar-refractivity contribution in [3.63, 3.8) is 0 Å². The molecule has 0 radical (unpaired) electrons. The molecule has 2 aromatic rings. The molecule has 2 rings (SSSR count). The van der Waals surface area contributed by atoms with Crippen molar-refractivity contribution in [1.82, 2.24) is 4.57 Å². The molecule has 0 unspecified atom stereocenters. The van der Waals surface area contributed by atoms with Gasteiger partial charge in [0.1, 0.15) is 17.6 Å². The molecule has 0 spiro atoms. The number of halogens is 2. The highest BCUT2D eigenvalue weighted by Crippen LogP contribution is 2.18. The average Bonchev–Trinajstić information content (AvgIpc) is 2.71. The number of hydrogen-bond acceptors (Lipinski definition) is 1. The third-order valence-corrected chi connectivity index (χ3v) is 2.89. The van der Waals surface area contributed by atoms with Crippen molar-refractivity contribution >= 4 is 15.9 Å². The lowest BCUT2D eigenvalue weighted by atomic mass is 10.2. The van der Waals surface area contributed by atoms with Crippen LogP contribution in [0.25, 0.3) is 0 Å². The normalized spacial score (nSPS) is 10.1. The number of nitrogens with zero attached hydrogens (tertiary/aromatic N) is 2. The van der Waals surface area contributed by atoms with E-state index in [1.807, 2.05) is 16.8 Å². The molecule has 0 N–H and O–H groups in total. The lowest BCUT2D eigenvalue weighted by Crippen LogP contribution is -2.00. The Morgan fingerprint density at radius 2 is 2.19 bits per heavy atom. The first-order valence-corrected chi connectivity index (χ1v) is 5.49. The molecule has 0 aliphatic rings. The lowest BCUT2D eigenvalue weighted by molar-refractivity contribution is 0.619. The molecule has 0 aliphatic heterocycles. The van der Waals surface area contributed by atoms with Gasteiger partial charge in [0.05, 0.1) is 4.47 Å². The van der Waals surface area contributed by atoms with E-state index in [9.17, 15) is 4.39 Å². The van der Waals surface area contributed by atoms with Gasteiger partial charge in [-0.3, -0.25) is 0 Å². The Morgan fingerprint density at radius 1 is 1.38 bits per heavy atom. The Hall–Kier alpha value is -1.60. The Morgan fingerprint density at radius 3 is 2.88 bits per heavy atom. The predicted molar refractivity (Wildman–Crippen MR) is 62.3 cm³/mol. The predicted octanol–water partition coefficient (Wildman–Crippen LogP) is 3.31. The summed E-state index contributed by atoms with van der Waals surface area (Å²) >= 11 is 3.14. The molecule has 4 heteroatoms. The van der Waals surface area contributed by atoms with Gasteiger partial charge in [-0.15, -0.1) is 0 Å². The fourth-order valence-electron chi connectivity index (χ4n) is 1.49. The van der Waals surface area contributed by atoms with Crippen LogP contribution in [0, 0.1) is 17.1 Å². The van der Waals surface area contributed by atoms with Crippen LogP contribution in [0.15, 0.2) is 41.0 Å². The van der Waals surface area contributed by atoms with E-state index < -0.39 is 0 Å². The molecule has 0 bridgehead atoms. The summed E-state index contributed by atoms with van der Waals surface area (Å²) in [6, 6.07) is 10.5. The maximum absolute atomic E-state index is 13.0. The molecule has 0 saturated carbocycles. The monoisotopic (exact) mass is 278 g/mol. The molecule has 2 nitrogen and oxygen atoms in total. The molecule has 0 saturated heterocycles. The van der Waals surface area contributed by atoms with Crippen LogP contribution in [0.4, 0.5) is 4.39 Å². The van der Waals surface area contributed by atoms with Gasteiger partial charge in [-0.05, 0) is 45.8 Å². The second-order valence-corrected chi connectivity index (χ2v) is 4.24. The van der Waals surface area contributed by atoms with E-state index in [0.717, 1.165) is 5.56 Å². The highest BCUT2D eigenvalue weighted by molar-refractivity contribution is 9.10. The SMILES string of the molecule is N#Cc1cccn1Cc1ccc(F)c(Br)c1. The Bertz CT molecular complexity index is 554. The zero-order valence-corrected chi connectivity index (χ0v) is 9.91. The molecular weight excluding hydrogens is 271 g/mol. The van der Waals surface area contributed by atoms with Crippen molar-refractivity contribution in [2.24, 2.45) is 0 Å².